The maximum atomic E-state index is 6.06. The van der Waals surface area contributed by atoms with Crippen LogP contribution in [0.25, 0.3) is 60.5 Å². The molecule has 0 bridgehead atoms. The molecule has 0 amide bonds. The number of hydrogen-bond donors (Lipinski definition) is 0. The fourth-order valence-corrected chi connectivity index (χ4v) is 5.50. The molecular weight excluding hydrogens is 436 g/mol. The highest BCUT2D eigenvalue weighted by atomic mass is 16.3. The molecule has 36 heavy (non-hydrogen) atoms. The van der Waals surface area contributed by atoms with Gasteiger partial charge in [-0.1, -0.05) is 121 Å². The lowest BCUT2D eigenvalue weighted by molar-refractivity contribution is 0.565. The van der Waals surface area contributed by atoms with Gasteiger partial charge < -0.3 is 4.42 Å². The maximum absolute atomic E-state index is 6.06. The summed E-state index contributed by atoms with van der Waals surface area (Å²) in [6, 6.07) is 43.2. The molecule has 1 aromatic heterocycles. The van der Waals surface area contributed by atoms with E-state index >= 15 is 0 Å². The molecule has 0 fully saturated rings. The number of rotatable bonds is 4. The van der Waals surface area contributed by atoms with Crippen LogP contribution in [0, 0.1) is 0 Å². The Labute approximate surface area is 209 Å². The zero-order valence-corrected chi connectivity index (χ0v) is 19.8. The lowest BCUT2D eigenvalue weighted by Crippen LogP contribution is -1.91. The van der Waals surface area contributed by atoms with Gasteiger partial charge >= 0.3 is 0 Å². The highest BCUT2D eigenvalue weighted by Gasteiger charge is 2.16. The van der Waals surface area contributed by atoms with Crippen molar-refractivity contribution in [3.05, 3.63) is 139 Å². The second kappa shape index (κ2) is 8.55. The molecule has 1 heteroatoms. The van der Waals surface area contributed by atoms with E-state index in [-0.39, 0.29) is 0 Å². The largest absolute Gasteiger partial charge is 0.461 e. The molecule has 7 rings (SSSR count). The van der Waals surface area contributed by atoms with E-state index in [1.54, 1.807) is 0 Å². The molecule has 0 saturated carbocycles. The second-order valence-corrected chi connectivity index (χ2v) is 9.27. The zero-order valence-electron chi connectivity index (χ0n) is 19.8. The molecule has 1 nitrogen and oxygen atoms in total. The number of para-hydroxylation sites is 1. The molecule has 6 aromatic carbocycles. The Morgan fingerprint density at radius 3 is 2.08 bits per heavy atom. The van der Waals surface area contributed by atoms with Crippen LogP contribution in [0.3, 0.4) is 0 Å². The molecule has 0 aliphatic rings. The molecule has 0 radical (unpaired) electrons. The molecule has 0 unspecified atom stereocenters. The van der Waals surface area contributed by atoms with Crippen molar-refractivity contribution in [1.29, 1.82) is 0 Å². The molecular formula is C35H24O. The summed E-state index contributed by atoms with van der Waals surface area (Å²) >= 11 is 0. The number of benzene rings is 6. The van der Waals surface area contributed by atoms with E-state index in [1.807, 2.05) is 18.2 Å². The van der Waals surface area contributed by atoms with Crippen LogP contribution in [-0.4, -0.2) is 0 Å². The highest BCUT2D eigenvalue weighted by Crippen LogP contribution is 2.43. The van der Waals surface area contributed by atoms with Gasteiger partial charge in [-0.25, -0.2) is 0 Å². The van der Waals surface area contributed by atoms with Gasteiger partial charge in [-0.05, 0) is 61.1 Å². The lowest BCUT2D eigenvalue weighted by Gasteiger charge is -2.17. The van der Waals surface area contributed by atoms with Gasteiger partial charge in [-0.15, -0.1) is 0 Å². The summed E-state index contributed by atoms with van der Waals surface area (Å²) in [5, 5.41) is 8.81. The molecule has 7 aromatic rings. The van der Waals surface area contributed by atoms with Crippen molar-refractivity contribution >= 4 is 49.4 Å². The van der Waals surface area contributed by atoms with Gasteiger partial charge in [0.15, 0.2) is 0 Å². The SMILES string of the molecule is C(=C\c1c2ccccc2c(-c2ccccc2)c2c1ccc1ccccc12)/Cc1cc2ccccc2o1. The first-order chi connectivity index (χ1) is 17.9. The van der Waals surface area contributed by atoms with Gasteiger partial charge in [0, 0.05) is 11.8 Å². The van der Waals surface area contributed by atoms with E-state index in [0.29, 0.717) is 0 Å². The predicted octanol–water partition coefficient (Wildman–Crippen LogP) is 9.82. The van der Waals surface area contributed by atoms with Crippen molar-refractivity contribution in [2.45, 2.75) is 6.42 Å². The number of furan rings is 1. The summed E-state index contributed by atoms with van der Waals surface area (Å²) < 4.78 is 6.06. The van der Waals surface area contributed by atoms with Gasteiger partial charge in [0.1, 0.15) is 11.3 Å². The molecule has 0 aliphatic carbocycles. The minimum absolute atomic E-state index is 0.749. The van der Waals surface area contributed by atoms with E-state index in [2.05, 4.69) is 115 Å². The van der Waals surface area contributed by atoms with Crippen LogP contribution < -0.4 is 0 Å². The average Bonchev–Trinajstić information content (AvgIpc) is 3.36. The Morgan fingerprint density at radius 1 is 0.556 bits per heavy atom. The molecule has 0 atom stereocenters. The molecule has 0 saturated heterocycles. The third kappa shape index (κ3) is 3.40. The van der Waals surface area contributed by atoms with Crippen LogP contribution in [0.2, 0.25) is 0 Å². The Hall–Kier alpha value is -4.62. The summed E-state index contributed by atoms with van der Waals surface area (Å²) in [5.41, 5.74) is 4.73. The Bertz CT molecular complexity index is 1870. The van der Waals surface area contributed by atoms with Crippen LogP contribution in [-0.2, 0) is 6.42 Å². The lowest BCUT2D eigenvalue weighted by atomic mass is 9.86. The monoisotopic (exact) mass is 460 g/mol. The summed E-state index contributed by atoms with van der Waals surface area (Å²) in [6.07, 6.45) is 5.26. The minimum atomic E-state index is 0.749. The Kier molecular flexibility index (Phi) is 4.92. The van der Waals surface area contributed by atoms with E-state index < -0.39 is 0 Å². The molecule has 0 spiro atoms. The Morgan fingerprint density at radius 2 is 1.25 bits per heavy atom. The second-order valence-electron chi connectivity index (χ2n) is 9.27. The van der Waals surface area contributed by atoms with Crippen LogP contribution in [0.15, 0.2) is 132 Å². The first-order valence-corrected chi connectivity index (χ1v) is 12.4. The molecule has 0 N–H and O–H groups in total. The smallest absolute Gasteiger partial charge is 0.134 e. The minimum Gasteiger partial charge on any atom is -0.461 e. The zero-order chi connectivity index (χ0) is 23.9. The van der Waals surface area contributed by atoms with Gasteiger partial charge in [0.2, 0.25) is 0 Å². The predicted molar refractivity (Wildman–Crippen MR) is 153 cm³/mol. The van der Waals surface area contributed by atoms with Crippen molar-refractivity contribution in [2.75, 3.05) is 0 Å². The fraction of sp³-hybridized carbons (Fsp3) is 0.0286. The van der Waals surface area contributed by atoms with E-state index in [0.717, 1.165) is 23.2 Å². The van der Waals surface area contributed by atoms with Crippen LogP contribution in [0.1, 0.15) is 11.3 Å². The van der Waals surface area contributed by atoms with Crippen molar-refractivity contribution < 1.29 is 4.42 Å². The van der Waals surface area contributed by atoms with Crippen molar-refractivity contribution in [3.63, 3.8) is 0 Å². The Balaban J connectivity index is 1.49. The third-order valence-electron chi connectivity index (χ3n) is 7.10. The molecule has 1 heterocycles. The van der Waals surface area contributed by atoms with E-state index in [4.69, 9.17) is 4.42 Å². The van der Waals surface area contributed by atoms with Gasteiger partial charge in [-0.2, -0.15) is 0 Å². The first kappa shape index (κ1) is 20.7. The molecule has 0 aliphatic heterocycles. The third-order valence-corrected chi connectivity index (χ3v) is 7.10. The average molecular weight is 461 g/mol. The topological polar surface area (TPSA) is 13.1 Å². The summed E-state index contributed by atoms with van der Waals surface area (Å²) in [6.45, 7) is 0. The van der Waals surface area contributed by atoms with Crippen LogP contribution in [0.4, 0.5) is 0 Å². The molecule has 170 valence electrons. The normalized spacial score (nSPS) is 11.9. The maximum Gasteiger partial charge on any atom is 0.134 e. The van der Waals surface area contributed by atoms with Crippen LogP contribution in [0.5, 0.6) is 0 Å². The van der Waals surface area contributed by atoms with Crippen molar-refractivity contribution in [2.24, 2.45) is 0 Å². The highest BCUT2D eigenvalue weighted by molar-refractivity contribution is 6.25. The first-order valence-electron chi connectivity index (χ1n) is 12.4. The van der Waals surface area contributed by atoms with Gasteiger partial charge in [0.05, 0.1) is 0 Å². The van der Waals surface area contributed by atoms with E-state index in [9.17, 15) is 0 Å². The van der Waals surface area contributed by atoms with Gasteiger partial charge in [0.25, 0.3) is 0 Å². The van der Waals surface area contributed by atoms with Gasteiger partial charge in [-0.3, -0.25) is 0 Å². The van der Waals surface area contributed by atoms with Crippen LogP contribution >= 0.6 is 0 Å². The standard InChI is InChI=1S/C35H24O/c1-2-12-25(13-3-1)34-31-18-8-7-17-29(31)30(32-22-21-24-11-4-6-16-28(24)35(32)34)19-10-15-27-23-26-14-5-9-20-33(26)36-27/h1-14,16-23H,15H2/b19-10+. The van der Waals surface area contributed by atoms with Crippen molar-refractivity contribution in [3.8, 4) is 11.1 Å². The fourth-order valence-electron chi connectivity index (χ4n) is 5.50. The van der Waals surface area contributed by atoms with E-state index in [1.165, 1.54) is 49.0 Å². The summed E-state index contributed by atoms with van der Waals surface area (Å²) in [5.74, 6) is 0.979. The van der Waals surface area contributed by atoms with Crippen molar-refractivity contribution in [1.82, 2.24) is 0 Å². The number of fused-ring (bicyclic) bond motifs is 5. The number of hydrogen-bond acceptors (Lipinski definition) is 1. The quantitative estimate of drug-likeness (QED) is 0.188. The summed E-state index contributed by atoms with van der Waals surface area (Å²) in [7, 11) is 0. The summed E-state index contributed by atoms with van der Waals surface area (Å²) in [4.78, 5) is 0. The number of allylic oxidation sites excluding steroid dienone is 1.